The van der Waals surface area contributed by atoms with E-state index in [0.29, 0.717) is 25.3 Å². The number of benzene rings is 1. The molecule has 1 aromatic carbocycles. The predicted molar refractivity (Wildman–Crippen MR) is 76.1 cm³/mol. The van der Waals surface area contributed by atoms with Gasteiger partial charge in [-0.1, -0.05) is 13.0 Å². The average molecular weight is 280 g/mol. The maximum absolute atomic E-state index is 13.3. The summed E-state index contributed by atoms with van der Waals surface area (Å²) in [6.07, 6.45) is 1.67. The van der Waals surface area contributed by atoms with Gasteiger partial charge in [0.1, 0.15) is 5.82 Å². The predicted octanol–water partition coefficient (Wildman–Crippen LogP) is 1.64. The number of aliphatic hydroxyl groups is 1. The lowest BCUT2D eigenvalue weighted by Crippen LogP contribution is -2.53. The van der Waals surface area contributed by atoms with E-state index in [4.69, 9.17) is 5.11 Å². The highest BCUT2D eigenvalue weighted by Gasteiger charge is 2.33. The SMILES string of the molecule is CCN(CCO)C1CCCN(c2cccc(F)c2)C1=O. The number of likely N-dealkylation sites (N-methyl/N-ethyl adjacent to an activating group) is 1. The van der Waals surface area contributed by atoms with Gasteiger partial charge in [-0.15, -0.1) is 0 Å². The number of hydrogen-bond acceptors (Lipinski definition) is 3. The normalized spacial score (nSPS) is 19.7. The van der Waals surface area contributed by atoms with Crippen molar-refractivity contribution in [2.45, 2.75) is 25.8 Å². The molecule has 1 atom stereocenters. The molecular weight excluding hydrogens is 259 g/mol. The summed E-state index contributed by atoms with van der Waals surface area (Å²) in [5.74, 6) is -0.336. The minimum atomic E-state index is -0.333. The van der Waals surface area contributed by atoms with E-state index in [0.717, 1.165) is 12.8 Å². The Labute approximate surface area is 118 Å². The van der Waals surface area contributed by atoms with Crippen LogP contribution in [0.1, 0.15) is 19.8 Å². The number of halogens is 1. The van der Waals surface area contributed by atoms with Crippen molar-refractivity contribution >= 4 is 11.6 Å². The summed E-state index contributed by atoms with van der Waals surface area (Å²) in [4.78, 5) is 16.2. The molecule has 110 valence electrons. The highest BCUT2D eigenvalue weighted by Crippen LogP contribution is 2.24. The van der Waals surface area contributed by atoms with Gasteiger partial charge in [0.15, 0.2) is 0 Å². The molecule has 20 heavy (non-hydrogen) atoms. The van der Waals surface area contributed by atoms with E-state index in [9.17, 15) is 9.18 Å². The van der Waals surface area contributed by atoms with Gasteiger partial charge >= 0.3 is 0 Å². The van der Waals surface area contributed by atoms with Crippen LogP contribution in [0.15, 0.2) is 24.3 Å². The molecule has 1 unspecified atom stereocenters. The summed E-state index contributed by atoms with van der Waals surface area (Å²) in [5.41, 5.74) is 0.611. The summed E-state index contributed by atoms with van der Waals surface area (Å²) in [7, 11) is 0. The molecule has 1 aromatic rings. The first kappa shape index (κ1) is 14.9. The lowest BCUT2D eigenvalue weighted by atomic mass is 10.0. The van der Waals surface area contributed by atoms with Crippen molar-refractivity contribution in [1.82, 2.24) is 4.90 Å². The number of hydrogen-bond donors (Lipinski definition) is 1. The second-order valence-electron chi connectivity index (χ2n) is 4.98. The van der Waals surface area contributed by atoms with Crippen molar-refractivity contribution in [3.63, 3.8) is 0 Å². The average Bonchev–Trinajstić information content (AvgIpc) is 2.45. The van der Waals surface area contributed by atoms with Gasteiger partial charge in [0, 0.05) is 18.8 Å². The van der Waals surface area contributed by atoms with Gasteiger partial charge in [-0.05, 0) is 37.6 Å². The van der Waals surface area contributed by atoms with Gasteiger partial charge in [-0.3, -0.25) is 9.69 Å². The number of rotatable bonds is 5. The van der Waals surface area contributed by atoms with E-state index in [1.165, 1.54) is 12.1 Å². The number of carbonyl (C=O) groups is 1. The Balaban J connectivity index is 2.18. The van der Waals surface area contributed by atoms with Gasteiger partial charge in [0.25, 0.3) is 0 Å². The largest absolute Gasteiger partial charge is 0.395 e. The van der Waals surface area contributed by atoms with Gasteiger partial charge in [0.05, 0.1) is 12.6 Å². The lowest BCUT2D eigenvalue weighted by Gasteiger charge is -2.37. The van der Waals surface area contributed by atoms with Crippen LogP contribution in [0.5, 0.6) is 0 Å². The zero-order chi connectivity index (χ0) is 14.5. The number of carbonyl (C=O) groups excluding carboxylic acids is 1. The van der Waals surface area contributed by atoms with Crippen LogP contribution in [0.2, 0.25) is 0 Å². The molecule has 0 radical (unpaired) electrons. The Morgan fingerprint density at radius 2 is 2.30 bits per heavy atom. The van der Waals surface area contributed by atoms with Crippen molar-refractivity contribution in [1.29, 1.82) is 0 Å². The van der Waals surface area contributed by atoms with Crippen molar-refractivity contribution in [2.24, 2.45) is 0 Å². The monoisotopic (exact) mass is 280 g/mol. The molecule has 1 heterocycles. The van der Waals surface area contributed by atoms with Gasteiger partial charge in [-0.25, -0.2) is 4.39 Å². The molecule has 5 heteroatoms. The highest BCUT2D eigenvalue weighted by atomic mass is 19.1. The van der Waals surface area contributed by atoms with Crippen molar-refractivity contribution in [3.05, 3.63) is 30.1 Å². The third-order valence-electron chi connectivity index (χ3n) is 3.76. The van der Waals surface area contributed by atoms with Crippen LogP contribution >= 0.6 is 0 Å². The molecule has 0 aromatic heterocycles. The van der Waals surface area contributed by atoms with Crippen LogP contribution < -0.4 is 4.90 Å². The van der Waals surface area contributed by atoms with Gasteiger partial charge in [0.2, 0.25) is 5.91 Å². The number of piperidine rings is 1. The molecule has 0 aliphatic carbocycles. The second-order valence-corrected chi connectivity index (χ2v) is 4.98. The second kappa shape index (κ2) is 6.81. The third-order valence-corrected chi connectivity index (χ3v) is 3.76. The summed E-state index contributed by atoms with van der Waals surface area (Å²) >= 11 is 0. The first-order chi connectivity index (χ1) is 9.67. The first-order valence-electron chi connectivity index (χ1n) is 7.09. The molecule has 1 aliphatic rings. The van der Waals surface area contributed by atoms with Crippen LogP contribution in [-0.4, -0.2) is 48.2 Å². The van der Waals surface area contributed by atoms with E-state index in [1.54, 1.807) is 17.0 Å². The van der Waals surface area contributed by atoms with Crippen LogP contribution in [-0.2, 0) is 4.79 Å². The fourth-order valence-corrected chi connectivity index (χ4v) is 2.76. The Bertz CT molecular complexity index is 467. The molecule has 4 nitrogen and oxygen atoms in total. The van der Waals surface area contributed by atoms with Gasteiger partial charge in [-0.2, -0.15) is 0 Å². The summed E-state index contributed by atoms with van der Waals surface area (Å²) in [6, 6.07) is 5.92. The zero-order valence-electron chi connectivity index (χ0n) is 11.8. The highest BCUT2D eigenvalue weighted by molar-refractivity contribution is 5.97. The molecule has 2 rings (SSSR count). The molecule has 1 aliphatic heterocycles. The Morgan fingerprint density at radius 1 is 1.50 bits per heavy atom. The van der Waals surface area contributed by atoms with Crippen LogP contribution in [0.4, 0.5) is 10.1 Å². The lowest BCUT2D eigenvalue weighted by molar-refractivity contribution is -0.125. The topological polar surface area (TPSA) is 43.8 Å². The molecule has 1 amide bonds. The summed E-state index contributed by atoms with van der Waals surface area (Å²) < 4.78 is 13.3. The zero-order valence-corrected chi connectivity index (χ0v) is 11.8. The van der Waals surface area contributed by atoms with E-state index in [2.05, 4.69) is 0 Å². The Morgan fingerprint density at radius 3 is 2.95 bits per heavy atom. The third kappa shape index (κ3) is 3.16. The first-order valence-corrected chi connectivity index (χ1v) is 7.09. The molecule has 1 saturated heterocycles. The smallest absolute Gasteiger partial charge is 0.244 e. The quantitative estimate of drug-likeness (QED) is 0.891. The fraction of sp³-hybridized carbons (Fsp3) is 0.533. The number of amides is 1. The standard InChI is InChI=1S/C15H21FN2O2/c1-2-17(9-10-19)14-7-4-8-18(15(14)20)13-6-3-5-12(16)11-13/h3,5-6,11,14,19H,2,4,7-10H2,1H3. The maximum Gasteiger partial charge on any atom is 0.244 e. The van der Waals surface area contributed by atoms with Crippen LogP contribution in [0.3, 0.4) is 0 Å². The molecule has 0 bridgehead atoms. The molecular formula is C15H21FN2O2. The molecule has 1 N–H and O–H groups in total. The number of anilines is 1. The van der Waals surface area contributed by atoms with E-state index >= 15 is 0 Å². The number of aliphatic hydroxyl groups excluding tert-OH is 1. The minimum Gasteiger partial charge on any atom is -0.395 e. The minimum absolute atomic E-state index is 0.00264. The summed E-state index contributed by atoms with van der Waals surface area (Å²) in [5, 5.41) is 9.09. The number of nitrogens with zero attached hydrogens (tertiary/aromatic N) is 2. The molecule has 1 fully saturated rings. The fourth-order valence-electron chi connectivity index (χ4n) is 2.76. The van der Waals surface area contributed by atoms with Gasteiger partial charge < -0.3 is 10.0 Å². The van der Waals surface area contributed by atoms with E-state index in [1.807, 2.05) is 11.8 Å². The van der Waals surface area contributed by atoms with E-state index in [-0.39, 0.29) is 24.4 Å². The Hall–Kier alpha value is -1.46. The Kier molecular flexibility index (Phi) is 5.09. The van der Waals surface area contributed by atoms with Crippen LogP contribution in [0.25, 0.3) is 0 Å². The molecule has 0 saturated carbocycles. The van der Waals surface area contributed by atoms with Crippen LogP contribution in [0, 0.1) is 5.82 Å². The van der Waals surface area contributed by atoms with Crippen molar-refractivity contribution < 1.29 is 14.3 Å². The summed E-state index contributed by atoms with van der Waals surface area (Å²) in [6.45, 7) is 3.84. The van der Waals surface area contributed by atoms with Crippen molar-refractivity contribution in [3.8, 4) is 0 Å². The maximum atomic E-state index is 13.3. The van der Waals surface area contributed by atoms with Crippen molar-refractivity contribution in [2.75, 3.05) is 31.1 Å². The van der Waals surface area contributed by atoms with E-state index < -0.39 is 0 Å². The molecule has 0 spiro atoms.